The summed E-state index contributed by atoms with van der Waals surface area (Å²) in [4.78, 5) is 9.28. The summed E-state index contributed by atoms with van der Waals surface area (Å²) in [5, 5.41) is 0. The summed E-state index contributed by atoms with van der Waals surface area (Å²) in [6, 6.07) is 104. The van der Waals surface area contributed by atoms with Crippen molar-refractivity contribution in [3.8, 4) is 45.6 Å². The van der Waals surface area contributed by atoms with E-state index in [-0.39, 0.29) is 0 Å². The number of hydrogen-bond acceptors (Lipinski definition) is 10. The van der Waals surface area contributed by atoms with Gasteiger partial charge in [0.15, 0.2) is 26.9 Å². The van der Waals surface area contributed by atoms with Gasteiger partial charge in [0.05, 0.1) is 7.05 Å². The largest absolute Gasteiger partial charge is 0.472 e. The summed E-state index contributed by atoms with van der Waals surface area (Å²) in [5.41, 5.74) is 39.3. The summed E-state index contributed by atoms with van der Waals surface area (Å²) >= 11 is 0. The Kier molecular flexibility index (Phi) is 28.6. The molecule has 2 aliphatic carbocycles. The summed E-state index contributed by atoms with van der Waals surface area (Å²) in [5.74, 6) is 7.48. The molecular formula is C122H136N6O6+2. The minimum Gasteiger partial charge on any atom is -0.472 e. The molecule has 22 rings (SSSR count). The van der Waals surface area contributed by atoms with Gasteiger partial charge in [-0.25, -0.2) is 0 Å². The quantitative estimate of drug-likeness (QED) is 0.117. The first-order chi connectivity index (χ1) is 64.9. The number of hydrogen-bond donors (Lipinski definition) is 0. The molecule has 0 spiro atoms. The summed E-state index contributed by atoms with van der Waals surface area (Å²) in [7, 11) is 2.23. The number of quaternary nitrogens is 2. The van der Waals surface area contributed by atoms with Crippen LogP contribution < -0.4 is 52.5 Å². The molecule has 0 saturated heterocycles. The van der Waals surface area contributed by atoms with E-state index < -0.39 is 0 Å². The number of benzene rings is 14. The molecule has 8 aliphatic rings. The van der Waals surface area contributed by atoms with Crippen molar-refractivity contribution in [1.29, 1.82) is 0 Å². The molecule has 2 saturated carbocycles. The summed E-state index contributed by atoms with van der Waals surface area (Å²) in [6.45, 7) is 41.8. The molecule has 2 fully saturated rings. The average Bonchev–Trinajstić information content (AvgIpc) is 0.758. The number of anilines is 4. The number of aryl methyl sites for hydroxylation is 14. The highest BCUT2D eigenvalue weighted by Gasteiger charge is 2.44. The van der Waals surface area contributed by atoms with Gasteiger partial charge in [-0.1, -0.05) is 291 Å². The van der Waals surface area contributed by atoms with Crippen LogP contribution in [0.4, 0.5) is 28.4 Å². The molecule has 6 aliphatic heterocycles. The van der Waals surface area contributed by atoms with Gasteiger partial charge in [0.2, 0.25) is 13.5 Å². The molecule has 14 aromatic carbocycles. The van der Waals surface area contributed by atoms with Gasteiger partial charge in [0.1, 0.15) is 66.4 Å². The molecule has 6 heterocycles. The third kappa shape index (κ3) is 21.3. The van der Waals surface area contributed by atoms with Crippen molar-refractivity contribution in [2.75, 3.05) is 67.0 Å². The van der Waals surface area contributed by atoms with E-state index in [4.69, 9.17) is 28.4 Å². The SMILES string of the molecule is Cc1cc(C)c2c(c1)CN(c1c(C)cccc1C)CO2.Cc1cc(C)c2c(c1)C[N+](C)(c1ccccc1)CO2.Cc1cc(C)c2c(c1)C[N+](Cc1ccccc1)(Cc1ccccc1)CO2.Cc1cc2c(c(-c3ccccc3)c1)OCN(c1c(C)cccc1C)C2.Cc1cc2c(c(C34CCCC(CCC3)C4)c1)OCN(c1ccccc1C)C2.Cc1cccc2c1OCN(c1ccccc1)C2. The molecule has 0 N–H and O–H groups in total. The van der Waals surface area contributed by atoms with E-state index in [1.807, 2.05) is 6.07 Å². The number of fused-ring (bicyclic) bond motifs is 8. The summed E-state index contributed by atoms with van der Waals surface area (Å²) < 4.78 is 38.7. The zero-order valence-electron chi connectivity index (χ0n) is 81.8. The predicted octanol–water partition coefficient (Wildman–Crippen LogP) is 28.7. The highest BCUT2D eigenvalue weighted by atomic mass is 16.5. The van der Waals surface area contributed by atoms with Gasteiger partial charge in [-0.15, -0.1) is 0 Å². The van der Waals surface area contributed by atoms with Crippen molar-refractivity contribution in [1.82, 2.24) is 4.48 Å². The molecule has 1 unspecified atom stereocenters. The van der Waals surface area contributed by atoms with Crippen LogP contribution in [0.3, 0.4) is 0 Å². The van der Waals surface area contributed by atoms with Crippen LogP contribution in [0, 0.1) is 103 Å². The van der Waals surface area contributed by atoms with Crippen LogP contribution in [0.25, 0.3) is 11.1 Å². The molecule has 12 nitrogen and oxygen atoms in total. The third-order valence-corrected chi connectivity index (χ3v) is 28.4. The van der Waals surface area contributed by atoms with Crippen LogP contribution in [0.5, 0.6) is 34.5 Å². The van der Waals surface area contributed by atoms with E-state index in [1.165, 1.54) is 218 Å². The van der Waals surface area contributed by atoms with E-state index in [0.717, 1.165) is 96.0 Å². The third-order valence-electron chi connectivity index (χ3n) is 28.4. The van der Waals surface area contributed by atoms with Gasteiger partial charge in [-0.05, 0) is 237 Å². The maximum absolute atomic E-state index is 6.50. The first kappa shape index (κ1) is 92.8. The molecule has 1 atom stereocenters. The van der Waals surface area contributed by atoms with E-state index in [9.17, 15) is 0 Å². The van der Waals surface area contributed by atoms with E-state index in [0.29, 0.717) is 45.8 Å². The second-order valence-corrected chi connectivity index (χ2v) is 39.6. The highest BCUT2D eigenvalue weighted by molar-refractivity contribution is 5.75. The van der Waals surface area contributed by atoms with Gasteiger partial charge in [-0.3, -0.25) is 8.97 Å². The van der Waals surface area contributed by atoms with Gasteiger partial charge in [0.25, 0.3) is 0 Å². The Balaban J connectivity index is 0.000000113. The smallest absolute Gasteiger partial charge is 0.228 e. The van der Waals surface area contributed by atoms with Gasteiger partial charge >= 0.3 is 0 Å². The van der Waals surface area contributed by atoms with Crippen LogP contribution in [0.2, 0.25) is 0 Å². The Hall–Kier alpha value is -13.0. The van der Waals surface area contributed by atoms with Gasteiger partial charge in [0, 0.05) is 105 Å². The Morgan fingerprint density at radius 2 is 0.709 bits per heavy atom. The van der Waals surface area contributed by atoms with Crippen molar-refractivity contribution in [3.63, 3.8) is 0 Å². The standard InChI is InChI=1S/C25H31NO.C24H26NO.C23H23NO.C18H21NO.C17H20NO.C15H15NO/c1-18-13-21-16-26(23-10-4-3-7-19(23)2)17-27-24(21)22(14-18)25-11-5-8-20(15-25)9-6-12-25;1-19-13-20(2)24-23(14-19)17-25(18-26-24,15-21-9-5-3-6-10-21)16-22-11-7-4-8-12-22;1-16-12-20-14-24(22-17(2)8-7-9-18(22)3)15-25-23(20)21(13-16)19-10-5-4-6-11-19;1-12-8-15(4)18-16(9-12)10-19(11-20-18)17-13(2)6-5-7-14(17)3;1-13-9-14(2)17-15(10-13)11-18(3,12-19-17)16-7-5-4-6-8-16;1-12-6-5-7-13-10-16(11-17-15(12)13)14-8-3-2-4-9-14/h3-4,7,10,13-14,20H,5-6,8-9,11-12,15-17H2,1-2H3;3-14H,15-18H2,1-2H3;4-13H,14-15H2,1-3H3;5-9H,10-11H2,1-4H3;4-10H,11-12H2,1-3H3;2-9H,10-11H2,1H3/q;+1;;;+1;. The van der Waals surface area contributed by atoms with Crippen LogP contribution in [-0.4, -0.2) is 51.9 Å². The number of para-hydroxylation sites is 6. The lowest BCUT2D eigenvalue weighted by Crippen LogP contribution is -2.50. The van der Waals surface area contributed by atoms with Crippen molar-refractivity contribution < 1.29 is 32.9 Å². The molecule has 2 bridgehead atoms. The fourth-order valence-electron chi connectivity index (χ4n) is 22.4. The van der Waals surface area contributed by atoms with Crippen LogP contribution in [0.1, 0.15) is 173 Å². The maximum Gasteiger partial charge on any atom is 0.228 e. The lowest BCUT2D eigenvalue weighted by atomic mass is 9.58. The Morgan fingerprint density at radius 3 is 1.27 bits per heavy atom. The number of nitrogens with zero attached hydrogens (tertiary/aromatic N) is 6. The normalized spacial score (nSPS) is 17.8. The minimum atomic E-state index is 0.377. The van der Waals surface area contributed by atoms with Crippen molar-refractivity contribution in [2.24, 2.45) is 5.92 Å². The molecule has 134 heavy (non-hydrogen) atoms. The number of ether oxygens (including phenoxy) is 6. The number of rotatable bonds is 11. The van der Waals surface area contributed by atoms with E-state index >= 15 is 0 Å². The van der Waals surface area contributed by atoms with E-state index in [2.05, 4.69) is 409 Å². The molecule has 688 valence electrons. The van der Waals surface area contributed by atoms with Crippen molar-refractivity contribution >= 4 is 28.4 Å². The minimum absolute atomic E-state index is 0.377. The monoisotopic (exact) mass is 1780 g/mol. The summed E-state index contributed by atoms with van der Waals surface area (Å²) in [6.07, 6.45) is 9.75. The fourth-order valence-corrected chi connectivity index (χ4v) is 22.4. The Labute approximate surface area is 798 Å². The first-order valence-corrected chi connectivity index (χ1v) is 48.4. The van der Waals surface area contributed by atoms with Crippen molar-refractivity contribution in [3.05, 3.63) is 419 Å². The molecule has 14 aromatic rings. The maximum atomic E-state index is 6.50. The van der Waals surface area contributed by atoms with Gasteiger partial charge in [-0.2, -0.15) is 0 Å². The zero-order chi connectivity index (χ0) is 93.2. The lowest BCUT2D eigenvalue weighted by molar-refractivity contribution is -0.982. The highest BCUT2D eigenvalue weighted by Crippen LogP contribution is 2.55. The zero-order valence-corrected chi connectivity index (χ0v) is 81.8. The van der Waals surface area contributed by atoms with Gasteiger partial charge < -0.3 is 48.0 Å². The molecular weight excluding hydrogens is 1650 g/mol. The van der Waals surface area contributed by atoms with Crippen LogP contribution in [0.15, 0.2) is 291 Å². The van der Waals surface area contributed by atoms with Crippen molar-refractivity contribution in [2.45, 2.75) is 200 Å². The van der Waals surface area contributed by atoms with Crippen LogP contribution in [-0.2, 0) is 57.8 Å². The van der Waals surface area contributed by atoms with E-state index in [1.54, 1.807) is 0 Å². The predicted molar refractivity (Wildman–Crippen MR) is 553 cm³/mol. The van der Waals surface area contributed by atoms with Crippen LogP contribution >= 0.6 is 0 Å². The Morgan fingerprint density at radius 1 is 0.313 bits per heavy atom. The second-order valence-electron chi connectivity index (χ2n) is 39.6. The Bertz CT molecular complexity index is 6350. The average molecular weight is 1780 g/mol. The topological polar surface area (TPSA) is 68.3 Å². The second kappa shape index (κ2) is 41.2. The fraction of sp³-hybridized carbons (Fsp3) is 0.311. The molecule has 0 aromatic heterocycles. The first-order valence-electron chi connectivity index (χ1n) is 48.4. The lowest BCUT2D eigenvalue weighted by Gasteiger charge is -2.47. The molecule has 12 heteroatoms. The molecule has 0 amide bonds. The molecule has 0 radical (unpaired) electrons.